The molecule has 0 heterocycles. The fourth-order valence-electron chi connectivity index (χ4n) is 2.09. The van der Waals surface area contributed by atoms with Gasteiger partial charge in [-0.15, -0.1) is 0 Å². The molecular weight excluding hydrogens is 278 g/mol. The summed E-state index contributed by atoms with van der Waals surface area (Å²) in [5.74, 6) is -1.18. The molecule has 0 bridgehead atoms. The van der Waals surface area contributed by atoms with E-state index in [0.29, 0.717) is 17.1 Å². The van der Waals surface area contributed by atoms with Gasteiger partial charge in [0.25, 0.3) is 0 Å². The molecule has 2 aromatic rings. The van der Waals surface area contributed by atoms with E-state index in [9.17, 15) is 13.9 Å². The minimum Gasteiger partial charge on any atom is -0.497 e. The summed E-state index contributed by atoms with van der Waals surface area (Å²) in [6.45, 7) is 1.46. The molecule has 0 radical (unpaired) electrons. The second kappa shape index (κ2) is 6.10. The van der Waals surface area contributed by atoms with Gasteiger partial charge in [0.05, 0.1) is 14.2 Å². The molecule has 0 aromatic heterocycles. The maximum Gasteiger partial charge on any atom is 0.165 e. The van der Waals surface area contributed by atoms with Gasteiger partial charge in [-0.3, -0.25) is 0 Å². The molecule has 1 atom stereocenters. The Bertz CT molecular complexity index is 656. The van der Waals surface area contributed by atoms with Crippen LogP contribution in [0.25, 0.3) is 0 Å². The molecule has 0 saturated carbocycles. The van der Waals surface area contributed by atoms with E-state index in [-0.39, 0.29) is 11.1 Å². The molecule has 2 aromatic carbocycles. The van der Waals surface area contributed by atoms with Crippen LogP contribution in [0, 0.1) is 18.6 Å². The Morgan fingerprint density at radius 1 is 0.952 bits per heavy atom. The molecule has 0 aliphatic rings. The average molecular weight is 294 g/mol. The number of methoxy groups -OCH3 is 2. The number of aryl methyl sites for hydroxylation is 1. The molecule has 0 aliphatic carbocycles. The number of aliphatic hydroxyl groups excluding tert-OH is 1. The van der Waals surface area contributed by atoms with Gasteiger partial charge in [-0.1, -0.05) is 12.1 Å². The summed E-state index contributed by atoms with van der Waals surface area (Å²) in [6, 6.07) is 7.56. The van der Waals surface area contributed by atoms with Crippen LogP contribution in [0.3, 0.4) is 0 Å². The van der Waals surface area contributed by atoms with Crippen molar-refractivity contribution in [3.63, 3.8) is 0 Å². The third kappa shape index (κ3) is 2.83. The van der Waals surface area contributed by atoms with Crippen molar-refractivity contribution >= 4 is 0 Å². The first-order chi connectivity index (χ1) is 9.99. The van der Waals surface area contributed by atoms with E-state index in [1.165, 1.54) is 39.3 Å². The zero-order chi connectivity index (χ0) is 15.6. The molecule has 0 fully saturated rings. The second-order valence-electron chi connectivity index (χ2n) is 4.61. The van der Waals surface area contributed by atoms with E-state index in [1.54, 1.807) is 12.1 Å². The first-order valence-corrected chi connectivity index (χ1v) is 6.34. The fourth-order valence-corrected chi connectivity index (χ4v) is 2.09. The quantitative estimate of drug-likeness (QED) is 0.939. The standard InChI is InChI=1S/C16H16F2O3/c1-9-4-6-11(15(18)14(9)17)16(19)12-8-10(20-2)5-7-13(12)21-3/h4-8,16,19H,1-3H3. The second-order valence-corrected chi connectivity index (χ2v) is 4.61. The molecule has 0 amide bonds. The maximum absolute atomic E-state index is 14.0. The number of benzene rings is 2. The Morgan fingerprint density at radius 3 is 2.29 bits per heavy atom. The van der Waals surface area contributed by atoms with Gasteiger partial charge in [-0.05, 0) is 30.7 Å². The van der Waals surface area contributed by atoms with Gasteiger partial charge < -0.3 is 14.6 Å². The van der Waals surface area contributed by atoms with Crippen molar-refractivity contribution in [1.29, 1.82) is 0 Å². The summed E-state index contributed by atoms with van der Waals surface area (Å²) in [6.07, 6.45) is -1.36. The average Bonchev–Trinajstić information content (AvgIpc) is 2.51. The maximum atomic E-state index is 14.0. The van der Waals surface area contributed by atoms with Crippen LogP contribution in [0.2, 0.25) is 0 Å². The van der Waals surface area contributed by atoms with Gasteiger partial charge in [-0.2, -0.15) is 0 Å². The van der Waals surface area contributed by atoms with Crippen LogP contribution < -0.4 is 9.47 Å². The predicted molar refractivity (Wildman–Crippen MR) is 74.7 cm³/mol. The number of hydrogen-bond acceptors (Lipinski definition) is 3. The number of aliphatic hydroxyl groups is 1. The topological polar surface area (TPSA) is 38.7 Å². The zero-order valence-electron chi connectivity index (χ0n) is 12.0. The Morgan fingerprint density at radius 2 is 1.67 bits per heavy atom. The molecule has 0 spiro atoms. The summed E-state index contributed by atoms with van der Waals surface area (Å²) in [7, 11) is 2.91. The SMILES string of the molecule is COc1ccc(OC)c(C(O)c2ccc(C)c(F)c2F)c1. The monoisotopic (exact) mass is 294 g/mol. The highest BCUT2D eigenvalue weighted by Gasteiger charge is 2.22. The lowest BCUT2D eigenvalue weighted by atomic mass is 9.98. The van der Waals surface area contributed by atoms with Crippen LogP contribution >= 0.6 is 0 Å². The van der Waals surface area contributed by atoms with Crippen molar-refractivity contribution in [2.75, 3.05) is 14.2 Å². The summed E-state index contributed by atoms with van der Waals surface area (Å²) in [5, 5.41) is 10.4. The van der Waals surface area contributed by atoms with E-state index in [2.05, 4.69) is 0 Å². The molecular formula is C16H16F2O3. The summed E-state index contributed by atoms with van der Waals surface area (Å²) >= 11 is 0. The van der Waals surface area contributed by atoms with Crippen molar-refractivity contribution < 1.29 is 23.4 Å². The van der Waals surface area contributed by atoms with E-state index in [1.807, 2.05) is 0 Å². The van der Waals surface area contributed by atoms with Crippen molar-refractivity contribution in [3.8, 4) is 11.5 Å². The smallest absolute Gasteiger partial charge is 0.165 e. The normalized spacial score (nSPS) is 12.1. The molecule has 3 nitrogen and oxygen atoms in total. The van der Waals surface area contributed by atoms with Crippen LogP contribution in [0.5, 0.6) is 11.5 Å². The lowest BCUT2D eigenvalue weighted by Crippen LogP contribution is -2.07. The summed E-state index contributed by atoms with van der Waals surface area (Å²) in [4.78, 5) is 0. The largest absolute Gasteiger partial charge is 0.497 e. The first kappa shape index (κ1) is 15.3. The van der Waals surface area contributed by atoms with E-state index in [4.69, 9.17) is 9.47 Å². The third-order valence-electron chi connectivity index (χ3n) is 3.33. The number of ether oxygens (including phenoxy) is 2. The Balaban J connectivity index is 2.54. The predicted octanol–water partition coefficient (Wildman–Crippen LogP) is 3.37. The van der Waals surface area contributed by atoms with E-state index < -0.39 is 17.7 Å². The van der Waals surface area contributed by atoms with Gasteiger partial charge >= 0.3 is 0 Å². The van der Waals surface area contributed by atoms with Crippen molar-refractivity contribution in [2.45, 2.75) is 13.0 Å². The molecule has 0 aliphatic heterocycles. The zero-order valence-corrected chi connectivity index (χ0v) is 12.0. The van der Waals surface area contributed by atoms with Crippen LogP contribution in [-0.2, 0) is 0 Å². The first-order valence-electron chi connectivity index (χ1n) is 6.34. The highest BCUT2D eigenvalue weighted by atomic mass is 19.2. The Labute approximate surface area is 121 Å². The minimum atomic E-state index is -1.36. The van der Waals surface area contributed by atoms with Gasteiger partial charge in [-0.25, -0.2) is 8.78 Å². The van der Waals surface area contributed by atoms with E-state index in [0.717, 1.165) is 0 Å². The van der Waals surface area contributed by atoms with Crippen LogP contribution in [-0.4, -0.2) is 19.3 Å². The molecule has 21 heavy (non-hydrogen) atoms. The Kier molecular flexibility index (Phi) is 4.43. The highest BCUT2D eigenvalue weighted by Crippen LogP contribution is 2.34. The molecule has 1 N–H and O–H groups in total. The van der Waals surface area contributed by atoms with Crippen LogP contribution in [0.15, 0.2) is 30.3 Å². The van der Waals surface area contributed by atoms with Crippen LogP contribution in [0.4, 0.5) is 8.78 Å². The molecule has 1 unspecified atom stereocenters. The van der Waals surface area contributed by atoms with Crippen LogP contribution in [0.1, 0.15) is 22.8 Å². The summed E-state index contributed by atoms with van der Waals surface area (Å²) in [5.41, 5.74) is 0.338. The highest BCUT2D eigenvalue weighted by molar-refractivity contribution is 5.45. The van der Waals surface area contributed by atoms with E-state index >= 15 is 0 Å². The van der Waals surface area contributed by atoms with Crippen molar-refractivity contribution in [1.82, 2.24) is 0 Å². The minimum absolute atomic E-state index is 0.148. The lowest BCUT2D eigenvalue weighted by Gasteiger charge is -2.17. The number of rotatable bonds is 4. The number of hydrogen-bond donors (Lipinski definition) is 1. The van der Waals surface area contributed by atoms with Gasteiger partial charge in [0, 0.05) is 11.1 Å². The molecule has 5 heteroatoms. The third-order valence-corrected chi connectivity index (χ3v) is 3.33. The lowest BCUT2D eigenvalue weighted by molar-refractivity contribution is 0.207. The van der Waals surface area contributed by atoms with Gasteiger partial charge in [0.2, 0.25) is 0 Å². The van der Waals surface area contributed by atoms with Gasteiger partial charge in [0.15, 0.2) is 11.6 Å². The van der Waals surface area contributed by atoms with Gasteiger partial charge in [0.1, 0.15) is 17.6 Å². The summed E-state index contributed by atoms with van der Waals surface area (Å²) < 4.78 is 37.9. The molecule has 2 rings (SSSR count). The fraction of sp³-hybridized carbons (Fsp3) is 0.250. The Hall–Kier alpha value is -2.14. The van der Waals surface area contributed by atoms with Crippen molar-refractivity contribution in [3.05, 3.63) is 58.7 Å². The number of halogens is 2. The molecule has 0 saturated heterocycles. The molecule has 112 valence electrons. The van der Waals surface area contributed by atoms with Crippen molar-refractivity contribution in [2.24, 2.45) is 0 Å².